The van der Waals surface area contributed by atoms with Gasteiger partial charge in [0.1, 0.15) is 12.3 Å². The zero-order valence-electron chi connectivity index (χ0n) is 34.3. The molecular formula is C44H58N10O7. The summed E-state index contributed by atoms with van der Waals surface area (Å²) in [6.07, 6.45) is 2.66. The lowest BCUT2D eigenvalue weighted by molar-refractivity contribution is -0.141. The van der Waals surface area contributed by atoms with Gasteiger partial charge < -0.3 is 53.2 Å². The van der Waals surface area contributed by atoms with E-state index in [0.29, 0.717) is 55.8 Å². The Kier molecular flexibility index (Phi) is 17.3. The molecule has 61 heavy (non-hydrogen) atoms. The molecule has 17 heteroatoms. The molecular weight excluding hydrogens is 781 g/mol. The molecule has 1 fully saturated rings. The minimum Gasteiger partial charge on any atom is -0.378 e. The highest BCUT2D eigenvalue weighted by Crippen LogP contribution is 2.35. The van der Waals surface area contributed by atoms with E-state index in [1.54, 1.807) is 29.2 Å². The highest BCUT2D eigenvalue weighted by molar-refractivity contribution is 5.97. The van der Waals surface area contributed by atoms with Crippen molar-refractivity contribution in [3.8, 4) is 0 Å². The Labute approximate surface area is 355 Å². The fourth-order valence-corrected chi connectivity index (χ4v) is 7.56. The molecule has 3 aromatic rings. The normalized spacial score (nSPS) is 22.5. The molecule has 0 radical (unpaired) electrons. The quantitative estimate of drug-likeness (QED) is 0.0692. The summed E-state index contributed by atoms with van der Waals surface area (Å²) in [6, 6.07) is 21.8. The highest BCUT2D eigenvalue weighted by Gasteiger charge is 2.44. The fourth-order valence-electron chi connectivity index (χ4n) is 7.56. The van der Waals surface area contributed by atoms with Gasteiger partial charge in [-0.25, -0.2) is 4.99 Å². The van der Waals surface area contributed by atoms with Crippen LogP contribution in [0.15, 0.2) is 96.0 Å². The molecule has 3 aromatic carbocycles. The summed E-state index contributed by atoms with van der Waals surface area (Å²) in [5, 5.41) is 25.8. The standard InChI is InChI=1S/C44H58N10O7/c45-19-23-61-24-21-49-40(58)35-17-20-48-37(55)15-16-39(57)54-22-6-18-44(29-54,27-31-7-2-1-3-8-31)42(60)53-36(25-30-11-13-34(14-12-30)51-43(46)47)41(59)50-28-33-10-5-4-9-32(33)26-38(56)52-35/h1-5,7-16,35-36,38,52,56H,6,17-29,45H2,(H,48,55)(H,49,58)(H,50,59)(H,53,60)(H4,46,47,51)/b16-15+/t35-,36-,38?,44-/m0/s1. The van der Waals surface area contributed by atoms with Crippen molar-refractivity contribution in [3.05, 3.63) is 113 Å². The molecule has 2 bridgehead atoms. The second kappa shape index (κ2) is 23.0. The number of hydrogen-bond acceptors (Lipinski definition) is 10. The van der Waals surface area contributed by atoms with E-state index < -0.39 is 47.4 Å². The molecule has 1 saturated heterocycles. The molecule has 5 amide bonds. The van der Waals surface area contributed by atoms with Crippen molar-refractivity contribution in [2.45, 2.75) is 63.4 Å². The number of ether oxygens (including phenoxy) is 1. The lowest BCUT2D eigenvalue weighted by Gasteiger charge is -2.42. The van der Waals surface area contributed by atoms with Crippen LogP contribution in [0.3, 0.4) is 0 Å². The minimum absolute atomic E-state index is 0.0487. The second-order valence-electron chi connectivity index (χ2n) is 15.3. The zero-order chi connectivity index (χ0) is 43.6. The van der Waals surface area contributed by atoms with Crippen LogP contribution in [0.25, 0.3) is 0 Å². The van der Waals surface area contributed by atoms with Gasteiger partial charge in [-0.05, 0) is 60.1 Å². The first kappa shape index (κ1) is 45.9. The summed E-state index contributed by atoms with van der Waals surface area (Å²) < 4.78 is 5.37. The number of nitrogens with zero attached hydrogens (tertiary/aromatic N) is 2. The zero-order valence-corrected chi connectivity index (χ0v) is 34.3. The summed E-state index contributed by atoms with van der Waals surface area (Å²) in [5.74, 6) is -2.34. The van der Waals surface area contributed by atoms with Gasteiger partial charge in [-0.3, -0.25) is 29.3 Å². The first-order chi connectivity index (χ1) is 29.4. The van der Waals surface area contributed by atoms with E-state index >= 15 is 0 Å². The largest absolute Gasteiger partial charge is 0.378 e. The number of carbonyl (C=O) groups excluding carboxylic acids is 5. The number of amides is 5. The third-order valence-corrected chi connectivity index (χ3v) is 10.6. The van der Waals surface area contributed by atoms with E-state index in [1.807, 2.05) is 54.6 Å². The number of aliphatic imine (C=N–C) groups is 1. The number of benzene rings is 3. The van der Waals surface area contributed by atoms with Gasteiger partial charge in [0.05, 0.1) is 30.4 Å². The Bertz CT molecular complexity index is 2010. The van der Waals surface area contributed by atoms with E-state index in [-0.39, 0.29) is 63.9 Å². The van der Waals surface area contributed by atoms with Crippen molar-refractivity contribution in [3.63, 3.8) is 0 Å². The Hall–Kier alpha value is -6.14. The molecule has 0 aromatic heterocycles. The molecule has 12 N–H and O–H groups in total. The molecule has 1 unspecified atom stereocenters. The van der Waals surface area contributed by atoms with Crippen LogP contribution in [0.2, 0.25) is 0 Å². The van der Waals surface area contributed by atoms with Crippen LogP contribution >= 0.6 is 0 Å². The van der Waals surface area contributed by atoms with Crippen LogP contribution in [0.1, 0.15) is 41.5 Å². The van der Waals surface area contributed by atoms with Crippen LogP contribution in [0.5, 0.6) is 0 Å². The van der Waals surface area contributed by atoms with Crippen molar-refractivity contribution in [2.75, 3.05) is 45.9 Å². The van der Waals surface area contributed by atoms with Gasteiger partial charge in [-0.1, -0.05) is 66.7 Å². The molecule has 2 aliphatic rings. The molecule has 4 atom stereocenters. The second-order valence-corrected chi connectivity index (χ2v) is 15.3. The van der Waals surface area contributed by atoms with Crippen LogP contribution in [-0.2, 0) is 54.5 Å². The number of guanidine groups is 1. The Balaban J connectivity index is 1.46. The Morgan fingerprint density at radius 2 is 1.66 bits per heavy atom. The first-order valence-electron chi connectivity index (χ1n) is 20.6. The average molecular weight is 839 g/mol. The van der Waals surface area contributed by atoms with E-state index in [9.17, 15) is 29.1 Å². The fraction of sp³-hybridized carbons (Fsp3) is 0.409. The van der Waals surface area contributed by atoms with Gasteiger partial charge in [0.25, 0.3) is 0 Å². The number of rotatable bonds is 11. The lowest BCUT2D eigenvalue weighted by atomic mass is 9.74. The number of nitrogens with two attached hydrogens (primary N) is 3. The van der Waals surface area contributed by atoms with E-state index in [4.69, 9.17) is 21.9 Å². The van der Waals surface area contributed by atoms with Crippen LogP contribution in [-0.4, -0.2) is 110 Å². The molecule has 0 aliphatic carbocycles. The van der Waals surface area contributed by atoms with Crippen molar-refractivity contribution < 1.29 is 33.8 Å². The monoisotopic (exact) mass is 838 g/mol. The predicted molar refractivity (Wildman–Crippen MR) is 231 cm³/mol. The number of aliphatic hydroxyl groups is 1. The average Bonchev–Trinajstić information content (AvgIpc) is 3.25. The first-order valence-corrected chi connectivity index (χ1v) is 20.6. The van der Waals surface area contributed by atoms with Gasteiger partial charge in [0.2, 0.25) is 29.5 Å². The molecule has 2 aliphatic heterocycles. The summed E-state index contributed by atoms with van der Waals surface area (Å²) in [6.45, 7) is 1.67. The highest BCUT2D eigenvalue weighted by atomic mass is 16.5. The number of nitrogens with one attached hydrogen (secondary N) is 5. The van der Waals surface area contributed by atoms with Gasteiger partial charge in [-0.15, -0.1) is 0 Å². The van der Waals surface area contributed by atoms with Gasteiger partial charge in [0.15, 0.2) is 5.96 Å². The Morgan fingerprint density at radius 3 is 2.39 bits per heavy atom. The van der Waals surface area contributed by atoms with Gasteiger partial charge >= 0.3 is 0 Å². The smallest absolute Gasteiger partial charge is 0.246 e. The van der Waals surface area contributed by atoms with E-state index in [2.05, 4.69) is 31.6 Å². The van der Waals surface area contributed by atoms with Crippen molar-refractivity contribution in [1.82, 2.24) is 31.5 Å². The third kappa shape index (κ3) is 14.2. The summed E-state index contributed by atoms with van der Waals surface area (Å²) in [4.78, 5) is 74.5. The maximum atomic E-state index is 14.8. The van der Waals surface area contributed by atoms with E-state index in [0.717, 1.165) is 17.2 Å². The van der Waals surface area contributed by atoms with Crippen LogP contribution in [0.4, 0.5) is 5.69 Å². The predicted octanol–water partition coefficient (Wildman–Crippen LogP) is -0.227. The van der Waals surface area contributed by atoms with Crippen LogP contribution in [0, 0.1) is 5.41 Å². The maximum Gasteiger partial charge on any atom is 0.246 e. The summed E-state index contributed by atoms with van der Waals surface area (Å²) in [5.41, 5.74) is 19.1. The number of carbonyl (C=O) groups is 5. The summed E-state index contributed by atoms with van der Waals surface area (Å²) >= 11 is 0. The molecule has 5 rings (SSSR count). The summed E-state index contributed by atoms with van der Waals surface area (Å²) in [7, 11) is 0. The molecule has 326 valence electrons. The SMILES string of the molecule is NCCOCCNC(=O)[C@@H]1CCNC(=O)/C=C/C(=O)N2CCC[C@](Cc3ccccc3)(C2)C(=O)N[C@@H](Cc2ccc(N=C(N)N)cc2)C(=O)NCc2ccccc2CC(O)N1. The maximum absolute atomic E-state index is 14.8. The Morgan fingerprint density at radius 1 is 0.918 bits per heavy atom. The van der Waals surface area contributed by atoms with E-state index in [1.165, 1.54) is 6.08 Å². The molecule has 0 saturated carbocycles. The van der Waals surface area contributed by atoms with Crippen molar-refractivity contribution >= 4 is 41.2 Å². The molecule has 17 nitrogen and oxygen atoms in total. The third-order valence-electron chi connectivity index (χ3n) is 10.6. The van der Waals surface area contributed by atoms with Gasteiger partial charge in [0, 0.05) is 64.3 Å². The molecule has 2 heterocycles. The topological polar surface area (TPSA) is 269 Å². The number of aliphatic hydroxyl groups excluding tert-OH is 1. The minimum atomic E-state index is -1.20. The number of hydrogen-bond donors (Lipinski definition) is 9. The lowest BCUT2D eigenvalue weighted by Crippen LogP contribution is -2.58. The van der Waals surface area contributed by atoms with Crippen molar-refractivity contribution in [1.29, 1.82) is 0 Å². The number of piperidine rings is 1. The van der Waals surface area contributed by atoms with Crippen molar-refractivity contribution in [2.24, 2.45) is 27.6 Å². The van der Waals surface area contributed by atoms with Crippen LogP contribution < -0.4 is 43.8 Å². The van der Waals surface area contributed by atoms with Gasteiger partial charge in [-0.2, -0.15) is 0 Å². The molecule has 0 spiro atoms. The number of fused-ring (bicyclic) bond motifs is 3.